The highest BCUT2D eigenvalue weighted by molar-refractivity contribution is 5.81. The molecule has 2 nitrogen and oxygen atoms in total. The monoisotopic (exact) mass is 187 g/mol. The van der Waals surface area contributed by atoms with E-state index in [1.54, 1.807) is 0 Å². The van der Waals surface area contributed by atoms with Gasteiger partial charge in [0.25, 0.3) is 0 Å². The summed E-state index contributed by atoms with van der Waals surface area (Å²) in [5, 5.41) is 4.72. The molecule has 2 aromatic rings. The lowest BCUT2D eigenvalue weighted by atomic mass is 9.92. The molecule has 2 heterocycles. The van der Waals surface area contributed by atoms with Crippen molar-refractivity contribution in [2.75, 3.05) is 0 Å². The molecule has 0 saturated carbocycles. The molecular weight excluding hydrogens is 174 g/mol. The Balaban J connectivity index is 2.05. The van der Waals surface area contributed by atoms with Crippen LogP contribution >= 0.6 is 0 Å². The minimum atomic E-state index is 0.494. The van der Waals surface area contributed by atoms with Crippen molar-refractivity contribution < 1.29 is 4.42 Å². The molecule has 2 atom stereocenters. The van der Waals surface area contributed by atoms with Crippen molar-refractivity contribution in [3.63, 3.8) is 0 Å². The average molecular weight is 187 g/mol. The van der Waals surface area contributed by atoms with Gasteiger partial charge in [0.15, 0.2) is 0 Å². The second kappa shape index (κ2) is 2.85. The zero-order chi connectivity index (χ0) is 9.54. The fourth-order valence-corrected chi connectivity index (χ4v) is 2.16. The van der Waals surface area contributed by atoms with Gasteiger partial charge in [0.2, 0.25) is 0 Å². The molecule has 2 heteroatoms. The molecule has 3 rings (SSSR count). The molecule has 0 spiro atoms. The molecule has 0 amide bonds. The zero-order valence-electron chi connectivity index (χ0n) is 8.16. The van der Waals surface area contributed by atoms with Crippen LogP contribution in [0.1, 0.15) is 24.9 Å². The van der Waals surface area contributed by atoms with E-state index in [-0.39, 0.29) is 0 Å². The Morgan fingerprint density at radius 3 is 2.93 bits per heavy atom. The molecule has 1 aliphatic rings. The first kappa shape index (κ1) is 8.06. The van der Waals surface area contributed by atoms with E-state index in [0.29, 0.717) is 12.1 Å². The van der Waals surface area contributed by atoms with Gasteiger partial charge in [-0.15, -0.1) is 0 Å². The zero-order valence-corrected chi connectivity index (χ0v) is 8.16. The van der Waals surface area contributed by atoms with Gasteiger partial charge in [-0.3, -0.25) is 0 Å². The van der Waals surface area contributed by atoms with E-state index < -0.39 is 0 Å². The molecule has 0 radical (unpaired) electrons. The average Bonchev–Trinajstić information content (AvgIpc) is 2.56. The fraction of sp³-hybridized carbons (Fsp3) is 0.333. The second-order valence-electron chi connectivity index (χ2n) is 4.04. The second-order valence-corrected chi connectivity index (χ2v) is 4.04. The van der Waals surface area contributed by atoms with Crippen LogP contribution in [-0.2, 0) is 0 Å². The molecular formula is C12H13NO. The highest BCUT2D eigenvalue weighted by Crippen LogP contribution is 2.33. The molecule has 0 bridgehead atoms. The van der Waals surface area contributed by atoms with Gasteiger partial charge in [-0.2, -0.15) is 0 Å². The van der Waals surface area contributed by atoms with Crippen molar-refractivity contribution in [3.05, 3.63) is 36.1 Å². The minimum absolute atomic E-state index is 0.494. The van der Waals surface area contributed by atoms with Crippen LogP contribution in [0.3, 0.4) is 0 Å². The SMILES string of the molecule is CC1CC(c2coc3ccccc23)N1. The third-order valence-electron chi connectivity index (χ3n) is 2.96. The van der Waals surface area contributed by atoms with Gasteiger partial charge in [-0.1, -0.05) is 18.2 Å². The fourth-order valence-electron chi connectivity index (χ4n) is 2.16. The predicted molar refractivity (Wildman–Crippen MR) is 56.2 cm³/mol. The number of nitrogens with one attached hydrogen (secondary N) is 1. The van der Waals surface area contributed by atoms with Gasteiger partial charge in [-0.05, 0) is 19.4 Å². The minimum Gasteiger partial charge on any atom is -0.464 e. The Kier molecular flexibility index (Phi) is 1.64. The highest BCUT2D eigenvalue weighted by Gasteiger charge is 2.27. The van der Waals surface area contributed by atoms with Crippen molar-refractivity contribution in [2.45, 2.75) is 25.4 Å². The third-order valence-corrected chi connectivity index (χ3v) is 2.96. The van der Waals surface area contributed by atoms with E-state index in [0.717, 1.165) is 5.58 Å². The number of para-hydroxylation sites is 1. The van der Waals surface area contributed by atoms with Crippen LogP contribution in [0.4, 0.5) is 0 Å². The summed E-state index contributed by atoms with van der Waals surface area (Å²) in [4.78, 5) is 0. The quantitative estimate of drug-likeness (QED) is 0.742. The molecule has 0 aliphatic carbocycles. The van der Waals surface area contributed by atoms with Crippen LogP contribution in [0.2, 0.25) is 0 Å². The van der Waals surface area contributed by atoms with E-state index in [2.05, 4.69) is 24.4 Å². The summed E-state index contributed by atoms with van der Waals surface area (Å²) in [5.41, 5.74) is 2.29. The largest absolute Gasteiger partial charge is 0.464 e. The lowest BCUT2D eigenvalue weighted by Crippen LogP contribution is -2.43. The topological polar surface area (TPSA) is 25.2 Å². The molecule has 2 unspecified atom stereocenters. The van der Waals surface area contributed by atoms with Crippen LogP contribution in [0.25, 0.3) is 11.0 Å². The lowest BCUT2D eigenvalue weighted by molar-refractivity contribution is 0.287. The van der Waals surface area contributed by atoms with Gasteiger partial charge < -0.3 is 9.73 Å². The van der Waals surface area contributed by atoms with Crippen LogP contribution in [0.5, 0.6) is 0 Å². The normalized spacial score (nSPS) is 26.4. The number of furan rings is 1. The van der Waals surface area contributed by atoms with E-state index >= 15 is 0 Å². The number of benzene rings is 1. The van der Waals surface area contributed by atoms with Crippen LogP contribution in [0.15, 0.2) is 34.9 Å². The van der Waals surface area contributed by atoms with Gasteiger partial charge in [0.05, 0.1) is 6.26 Å². The summed E-state index contributed by atoms with van der Waals surface area (Å²) in [5.74, 6) is 0. The molecule has 14 heavy (non-hydrogen) atoms. The molecule has 1 aromatic heterocycles. The third kappa shape index (κ3) is 1.07. The van der Waals surface area contributed by atoms with Crippen molar-refractivity contribution in [1.29, 1.82) is 0 Å². The summed E-state index contributed by atoms with van der Waals surface area (Å²) in [6.07, 6.45) is 3.09. The summed E-state index contributed by atoms with van der Waals surface area (Å²) in [6.45, 7) is 2.21. The first-order chi connectivity index (χ1) is 6.84. The molecule has 1 saturated heterocycles. The van der Waals surface area contributed by atoms with Crippen molar-refractivity contribution in [1.82, 2.24) is 5.32 Å². The first-order valence-electron chi connectivity index (χ1n) is 5.07. The molecule has 1 N–H and O–H groups in total. The maximum absolute atomic E-state index is 5.50. The Morgan fingerprint density at radius 1 is 1.36 bits per heavy atom. The molecule has 1 aromatic carbocycles. The molecule has 1 fully saturated rings. The Bertz CT molecular complexity index is 454. The summed E-state index contributed by atoms with van der Waals surface area (Å²) in [6, 6.07) is 9.35. The van der Waals surface area contributed by atoms with E-state index in [9.17, 15) is 0 Å². The van der Waals surface area contributed by atoms with Crippen molar-refractivity contribution in [3.8, 4) is 0 Å². The highest BCUT2D eigenvalue weighted by atomic mass is 16.3. The van der Waals surface area contributed by atoms with Crippen LogP contribution < -0.4 is 5.32 Å². The predicted octanol–water partition coefficient (Wildman–Crippen LogP) is 2.86. The van der Waals surface area contributed by atoms with E-state index in [1.807, 2.05) is 18.4 Å². The van der Waals surface area contributed by atoms with Crippen LogP contribution in [-0.4, -0.2) is 6.04 Å². The first-order valence-corrected chi connectivity index (χ1v) is 5.07. The Morgan fingerprint density at radius 2 is 2.14 bits per heavy atom. The Labute approximate surface area is 82.9 Å². The number of hydrogen-bond acceptors (Lipinski definition) is 2. The molecule has 72 valence electrons. The van der Waals surface area contributed by atoms with Gasteiger partial charge in [0, 0.05) is 23.0 Å². The van der Waals surface area contributed by atoms with E-state index in [4.69, 9.17) is 4.42 Å². The van der Waals surface area contributed by atoms with Gasteiger partial charge >= 0.3 is 0 Å². The summed E-state index contributed by atoms with van der Waals surface area (Å²) < 4.78 is 5.50. The van der Waals surface area contributed by atoms with Crippen LogP contribution in [0, 0.1) is 0 Å². The standard InChI is InChI=1S/C12H13NO/c1-8-6-11(13-8)10-7-14-12-5-3-2-4-9(10)12/h2-5,7-8,11,13H,6H2,1H3. The lowest BCUT2D eigenvalue weighted by Gasteiger charge is -2.34. The number of hydrogen-bond donors (Lipinski definition) is 1. The maximum Gasteiger partial charge on any atom is 0.134 e. The number of rotatable bonds is 1. The summed E-state index contributed by atoms with van der Waals surface area (Å²) in [7, 11) is 0. The maximum atomic E-state index is 5.50. The van der Waals surface area contributed by atoms with E-state index in [1.165, 1.54) is 17.4 Å². The van der Waals surface area contributed by atoms with Crippen molar-refractivity contribution in [2.24, 2.45) is 0 Å². The smallest absolute Gasteiger partial charge is 0.134 e. The Hall–Kier alpha value is -1.28. The van der Waals surface area contributed by atoms with Gasteiger partial charge in [-0.25, -0.2) is 0 Å². The summed E-state index contributed by atoms with van der Waals surface area (Å²) >= 11 is 0. The van der Waals surface area contributed by atoms with Crippen molar-refractivity contribution >= 4 is 11.0 Å². The van der Waals surface area contributed by atoms with Gasteiger partial charge in [0.1, 0.15) is 5.58 Å². The number of fused-ring (bicyclic) bond motifs is 1. The molecule has 1 aliphatic heterocycles.